The van der Waals surface area contributed by atoms with Crippen LogP contribution >= 0.6 is 0 Å². The van der Waals surface area contributed by atoms with Gasteiger partial charge in [-0.15, -0.1) is 0 Å². The minimum Gasteiger partial charge on any atom is -0.330 e. The van der Waals surface area contributed by atoms with E-state index >= 15 is 0 Å². The van der Waals surface area contributed by atoms with Crippen molar-refractivity contribution in [1.82, 2.24) is 0 Å². The summed E-state index contributed by atoms with van der Waals surface area (Å²) in [5.41, 5.74) is 6.15. The molecular formula is C11H13F2N. The van der Waals surface area contributed by atoms with Crippen LogP contribution in [0, 0.1) is 17.6 Å². The monoisotopic (exact) mass is 197 g/mol. The Balaban J connectivity index is 2.34. The maximum atomic E-state index is 12.9. The Morgan fingerprint density at radius 2 is 1.93 bits per heavy atom. The van der Waals surface area contributed by atoms with E-state index in [1.807, 2.05) is 6.92 Å². The molecule has 2 atom stereocenters. The Kier molecular flexibility index (Phi) is 2.07. The van der Waals surface area contributed by atoms with Gasteiger partial charge >= 0.3 is 0 Å². The fourth-order valence-electron chi connectivity index (χ4n) is 2.03. The Morgan fingerprint density at radius 3 is 2.36 bits per heavy atom. The summed E-state index contributed by atoms with van der Waals surface area (Å²) in [6.45, 7) is 2.58. The van der Waals surface area contributed by atoms with Crippen molar-refractivity contribution in [2.75, 3.05) is 6.54 Å². The molecule has 0 spiro atoms. The maximum absolute atomic E-state index is 12.9. The quantitative estimate of drug-likeness (QED) is 0.772. The fourth-order valence-corrected chi connectivity index (χ4v) is 2.03. The summed E-state index contributed by atoms with van der Waals surface area (Å²) in [5.74, 6) is -0.656. The number of halogens is 2. The van der Waals surface area contributed by atoms with E-state index in [0.717, 1.165) is 18.1 Å². The average Bonchev–Trinajstić information content (AvgIpc) is 2.77. The van der Waals surface area contributed by atoms with Gasteiger partial charge in [0, 0.05) is 6.07 Å². The van der Waals surface area contributed by atoms with Crippen LogP contribution < -0.4 is 5.73 Å². The van der Waals surface area contributed by atoms with Crippen molar-refractivity contribution in [3.05, 3.63) is 35.4 Å². The van der Waals surface area contributed by atoms with Gasteiger partial charge in [0.05, 0.1) is 0 Å². The summed E-state index contributed by atoms with van der Waals surface area (Å²) < 4.78 is 25.9. The van der Waals surface area contributed by atoms with Gasteiger partial charge in [-0.05, 0) is 42.0 Å². The van der Waals surface area contributed by atoms with E-state index in [4.69, 9.17) is 5.73 Å². The molecule has 0 bridgehead atoms. The zero-order valence-corrected chi connectivity index (χ0v) is 8.06. The van der Waals surface area contributed by atoms with Crippen molar-refractivity contribution in [3.63, 3.8) is 0 Å². The van der Waals surface area contributed by atoms with Crippen LogP contribution in [0.25, 0.3) is 0 Å². The molecule has 1 nitrogen and oxygen atoms in total. The summed E-state index contributed by atoms with van der Waals surface area (Å²) in [6.07, 6.45) is 0.923. The highest BCUT2D eigenvalue weighted by Gasteiger charge is 2.50. The van der Waals surface area contributed by atoms with Crippen molar-refractivity contribution in [2.24, 2.45) is 11.7 Å². The molecule has 76 valence electrons. The van der Waals surface area contributed by atoms with E-state index in [1.54, 1.807) is 0 Å². The summed E-state index contributed by atoms with van der Waals surface area (Å²) >= 11 is 0. The molecule has 2 N–H and O–H groups in total. The highest BCUT2D eigenvalue weighted by atomic mass is 19.1. The van der Waals surface area contributed by atoms with Crippen LogP contribution in [0.1, 0.15) is 18.9 Å². The maximum Gasteiger partial charge on any atom is 0.126 e. The molecular weight excluding hydrogens is 184 g/mol. The second kappa shape index (κ2) is 3.02. The Hall–Kier alpha value is -0.960. The van der Waals surface area contributed by atoms with E-state index in [1.165, 1.54) is 12.1 Å². The van der Waals surface area contributed by atoms with Gasteiger partial charge in [0.15, 0.2) is 0 Å². The van der Waals surface area contributed by atoms with Crippen LogP contribution in [0.2, 0.25) is 0 Å². The molecule has 14 heavy (non-hydrogen) atoms. The average molecular weight is 197 g/mol. The van der Waals surface area contributed by atoms with Crippen LogP contribution in [-0.4, -0.2) is 6.54 Å². The normalized spacial score (nSPS) is 30.4. The lowest BCUT2D eigenvalue weighted by atomic mass is 9.95. The molecule has 1 saturated carbocycles. The van der Waals surface area contributed by atoms with Gasteiger partial charge in [-0.1, -0.05) is 6.92 Å². The first-order valence-corrected chi connectivity index (χ1v) is 4.73. The molecule has 1 fully saturated rings. The molecule has 1 aliphatic rings. The third-order valence-electron chi connectivity index (χ3n) is 3.22. The summed E-state index contributed by atoms with van der Waals surface area (Å²) in [6, 6.07) is 3.70. The third kappa shape index (κ3) is 1.42. The van der Waals surface area contributed by atoms with Crippen molar-refractivity contribution in [3.8, 4) is 0 Å². The predicted molar refractivity (Wildman–Crippen MR) is 50.9 cm³/mol. The Bertz CT molecular complexity index is 344. The number of hydrogen-bond donors (Lipinski definition) is 1. The minimum atomic E-state index is -0.510. The molecule has 1 aromatic rings. The van der Waals surface area contributed by atoms with Crippen LogP contribution in [0.4, 0.5) is 8.78 Å². The van der Waals surface area contributed by atoms with Gasteiger partial charge in [-0.25, -0.2) is 8.78 Å². The van der Waals surface area contributed by atoms with Crippen LogP contribution in [0.15, 0.2) is 18.2 Å². The summed E-state index contributed by atoms with van der Waals surface area (Å²) in [5, 5.41) is 0. The van der Waals surface area contributed by atoms with E-state index < -0.39 is 11.6 Å². The lowest BCUT2D eigenvalue weighted by molar-refractivity contribution is 0.568. The lowest BCUT2D eigenvalue weighted by Gasteiger charge is -2.11. The van der Waals surface area contributed by atoms with Gasteiger partial charge in [-0.3, -0.25) is 0 Å². The number of rotatable bonds is 2. The van der Waals surface area contributed by atoms with Crippen molar-refractivity contribution >= 4 is 0 Å². The zero-order chi connectivity index (χ0) is 10.3. The molecule has 0 amide bonds. The van der Waals surface area contributed by atoms with E-state index in [-0.39, 0.29) is 5.41 Å². The van der Waals surface area contributed by atoms with Crippen LogP contribution in [0.3, 0.4) is 0 Å². The molecule has 0 radical (unpaired) electrons. The number of benzene rings is 1. The Labute approximate surface area is 81.9 Å². The van der Waals surface area contributed by atoms with Gasteiger partial charge < -0.3 is 5.73 Å². The van der Waals surface area contributed by atoms with Gasteiger partial charge in [0.2, 0.25) is 0 Å². The van der Waals surface area contributed by atoms with Crippen molar-refractivity contribution in [1.29, 1.82) is 0 Å². The van der Waals surface area contributed by atoms with Gasteiger partial charge in [0.1, 0.15) is 11.6 Å². The largest absolute Gasteiger partial charge is 0.330 e. The number of hydrogen-bond acceptors (Lipinski definition) is 1. The molecule has 3 heteroatoms. The second-order valence-electron chi connectivity index (χ2n) is 4.21. The molecule has 1 aliphatic carbocycles. The molecule has 0 aromatic heterocycles. The molecule has 0 heterocycles. The molecule has 0 saturated heterocycles. The smallest absolute Gasteiger partial charge is 0.126 e. The van der Waals surface area contributed by atoms with Crippen molar-refractivity contribution in [2.45, 2.75) is 18.8 Å². The van der Waals surface area contributed by atoms with Crippen LogP contribution in [-0.2, 0) is 5.41 Å². The van der Waals surface area contributed by atoms with Crippen LogP contribution in [0.5, 0.6) is 0 Å². The molecule has 1 aromatic carbocycles. The topological polar surface area (TPSA) is 26.0 Å². The van der Waals surface area contributed by atoms with Crippen molar-refractivity contribution < 1.29 is 8.78 Å². The first-order valence-electron chi connectivity index (χ1n) is 4.73. The van der Waals surface area contributed by atoms with E-state index in [2.05, 4.69) is 0 Å². The fraction of sp³-hybridized carbons (Fsp3) is 0.455. The standard InChI is InChI=1S/C11H13F2N/c1-11(5-8(11)6-14)7-2-9(12)4-10(13)3-7/h2-4,8H,5-6,14H2,1H3. The predicted octanol–water partition coefficient (Wildman–Crippen LogP) is 2.20. The Morgan fingerprint density at radius 1 is 1.36 bits per heavy atom. The summed E-state index contributed by atoms with van der Waals surface area (Å²) in [4.78, 5) is 0. The lowest BCUT2D eigenvalue weighted by Crippen LogP contribution is -2.12. The first kappa shape index (κ1) is 9.59. The van der Waals surface area contributed by atoms with E-state index in [0.29, 0.717) is 12.5 Å². The minimum absolute atomic E-state index is 0.113. The first-order chi connectivity index (χ1) is 6.56. The second-order valence-corrected chi connectivity index (χ2v) is 4.21. The van der Waals surface area contributed by atoms with Gasteiger partial charge in [0.25, 0.3) is 0 Å². The summed E-state index contributed by atoms with van der Waals surface area (Å²) in [7, 11) is 0. The van der Waals surface area contributed by atoms with Gasteiger partial charge in [-0.2, -0.15) is 0 Å². The number of nitrogens with two attached hydrogens (primary N) is 1. The SMILES string of the molecule is CC1(c2cc(F)cc(F)c2)CC1CN. The highest BCUT2D eigenvalue weighted by Crippen LogP contribution is 2.53. The zero-order valence-electron chi connectivity index (χ0n) is 8.06. The molecule has 2 rings (SSSR count). The highest BCUT2D eigenvalue weighted by molar-refractivity contribution is 5.33. The van der Waals surface area contributed by atoms with E-state index in [9.17, 15) is 8.78 Å². The molecule has 2 unspecified atom stereocenters. The molecule has 0 aliphatic heterocycles. The third-order valence-corrected chi connectivity index (χ3v) is 3.22.